The van der Waals surface area contributed by atoms with Gasteiger partial charge in [0.25, 0.3) is 0 Å². The van der Waals surface area contributed by atoms with Crippen LogP contribution in [0.2, 0.25) is 0 Å². The molecule has 0 amide bonds. The van der Waals surface area contributed by atoms with Gasteiger partial charge in [0, 0.05) is 6.42 Å². The van der Waals surface area contributed by atoms with E-state index in [0.717, 1.165) is 25.0 Å². The molecule has 0 aromatic carbocycles. The minimum atomic E-state index is 0.390. The van der Waals surface area contributed by atoms with Crippen molar-refractivity contribution < 1.29 is 4.79 Å². The Morgan fingerprint density at radius 3 is 2.71 bits per heavy atom. The van der Waals surface area contributed by atoms with Crippen molar-refractivity contribution in [3.63, 3.8) is 0 Å². The van der Waals surface area contributed by atoms with Gasteiger partial charge in [0.05, 0.1) is 0 Å². The van der Waals surface area contributed by atoms with E-state index in [1.807, 2.05) is 0 Å². The van der Waals surface area contributed by atoms with E-state index in [1.165, 1.54) is 24.8 Å². The highest BCUT2D eigenvalue weighted by Gasteiger charge is 2.33. The first-order valence-corrected chi connectivity index (χ1v) is 5.70. The fourth-order valence-corrected chi connectivity index (χ4v) is 2.30. The zero-order chi connectivity index (χ0) is 10.6. The summed E-state index contributed by atoms with van der Waals surface area (Å²) in [5.41, 5.74) is 1.93. The first kappa shape index (κ1) is 11.5. The molecule has 0 aromatic rings. The van der Waals surface area contributed by atoms with E-state index in [9.17, 15) is 4.79 Å². The Morgan fingerprint density at radius 2 is 2.21 bits per heavy atom. The van der Waals surface area contributed by atoms with E-state index < -0.39 is 0 Å². The van der Waals surface area contributed by atoms with Crippen LogP contribution in [0.15, 0.2) is 11.6 Å². The van der Waals surface area contributed by atoms with E-state index in [4.69, 9.17) is 0 Å². The van der Waals surface area contributed by atoms with Crippen LogP contribution >= 0.6 is 0 Å². The van der Waals surface area contributed by atoms with Gasteiger partial charge in [0.1, 0.15) is 6.29 Å². The highest BCUT2D eigenvalue weighted by atomic mass is 16.1. The smallest absolute Gasteiger partial charge is 0.119 e. The fourth-order valence-electron chi connectivity index (χ4n) is 2.30. The first-order valence-electron chi connectivity index (χ1n) is 5.70. The van der Waals surface area contributed by atoms with Crippen LogP contribution < -0.4 is 0 Å². The molecule has 0 aliphatic heterocycles. The molecule has 1 atom stereocenters. The number of hydrogen-bond donors (Lipinski definition) is 0. The van der Waals surface area contributed by atoms with Crippen molar-refractivity contribution in [3.05, 3.63) is 11.6 Å². The zero-order valence-electron chi connectivity index (χ0n) is 9.68. The molecule has 1 aliphatic rings. The monoisotopic (exact) mass is 194 g/mol. The average molecular weight is 194 g/mol. The number of allylic oxidation sites excluding steroid dienone is 2. The van der Waals surface area contributed by atoms with Crippen molar-refractivity contribution in [1.29, 1.82) is 0 Å². The third-order valence-corrected chi connectivity index (χ3v) is 3.87. The number of carbonyl (C=O) groups is 1. The lowest BCUT2D eigenvalue weighted by Crippen LogP contribution is -2.20. The van der Waals surface area contributed by atoms with Gasteiger partial charge in [-0.2, -0.15) is 0 Å². The predicted octanol–water partition coefficient (Wildman–Crippen LogP) is 3.74. The number of rotatable bonds is 5. The van der Waals surface area contributed by atoms with Crippen LogP contribution in [-0.2, 0) is 4.79 Å². The molecule has 0 saturated heterocycles. The molecule has 0 radical (unpaired) electrons. The highest BCUT2D eigenvalue weighted by Crippen LogP contribution is 2.45. The number of unbranched alkanes of at least 4 members (excludes halogenated alkanes) is 2. The summed E-state index contributed by atoms with van der Waals surface area (Å²) in [7, 11) is 0. The van der Waals surface area contributed by atoms with E-state index in [2.05, 4.69) is 26.8 Å². The predicted molar refractivity (Wildman–Crippen MR) is 60.2 cm³/mol. The van der Waals surface area contributed by atoms with Crippen molar-refractivity contribution in [2.24, 2.45) is 11.3 Å². The summed E-state index contributed by atoms with van der Waals surface area (Å²) in [6.07, 6.45) is 8.92. The van der Waals surface area contributed by atoms with Crippen molar-refractivity contribution in [1.82, 2.24) is 0 Å². The third kappa shape index (κ3) is 2.46. The lowest BCUT2D eigenvalue weighted by atomic mass is 9.75. The van der Waals surface area contributed by atoms with Gasteiger partial charge in [-0.05, 0) is 37.5 Å². The summed E-state index contributed by atoms with van der Waals surface area (Å²) in [6, 6.07) is 0. The molecule has 1 nitrogen and oxygen atoms in total. The van der Waals surface area contributed by atoms with Crippen molar-refractivity contribution in [3.8, 4) is 0 Å². The molecular formula is C13H22O. The second-order valence-electron chi connectivity index (χ2n) is 4.99. The maximum absolute atomic E-state index is 10.2. The lowest BCUT2D eigenvalue weighted by Gasteiger charge is -2.29. The Morgan fingerprint density at radius 1 is 1.50 bits per heavy atom. The Labute approximate surface area is 87.6 Å². The van der Waals surface area contributed by atoms with E-state index in [0.29, 0.717) is 5.41 Å². The maximum atomic E-state index is 10.2. The summed E-state index contributed by atoms with van der Waals surface area (Å²) in [6.45, 7) is 6.93. The lowest BCUT2D eigenvalue weighted by molar-refractivity contribution is -0.107. The topological polar surface area (TPSA) is 17.1 Å². The van der Waals surface area contributed by atoms with Gasteiger partial charge in [-0.1, -0.05) is 31.9 Å². The molecule has 0 aromatic heterocycles. The molecule has 1 heteroatoms. The molecule has 0 bridgehead atoms. The summed E-state index contributed by atoms with van der Waals surface area (Å²) in [4.78, 5) is 10.2. The molecule has 0 N–H and O–H groups in total. The van der Waals surface area contributed by atoms with Crippen LogP contribution in [0.5, 0.6) is 0 Å². The maximum Gasteiger partial charge on any atom is 0.119 e. The molecule has 0 saturated carbocycles. The SMILES string of the molecule is CC1=CCC(CCCCC=O)C1(C)C. The normalized spacial score (nSPS) is 24.8. The van der Waals surface area contributed by atoms with Crippen molar-refractivity contribution in [2.45, 2.75) is 52.9 Å². The highest BCUT2D eigenvalue weighted by molar-refractivity contribution is 5.48. The molecule has 1 rings (SSSR count). The van der Waals surface area contributed by atoms with Crippen molar-refractivity contribution >= 4 is 6.29 Å². The third-order valence-electron chi connectivity index (χ3n) is 3.87. The second kappa shape index (κ2) is 4.77. The molecule has 0 fully saturated rings. The minimum Gasteiger partial charge on any atom is -0.303 e. The molecule has 14 heavy (non-hydrogen) atoms. The van der Waals surface area contributed by atoms with Gasteiger partial charge < -0.3 is 4.79 Å². The van der Waals surface area contributed by atoms with Crippen molar-refractivity contribution in [2.75, 3.05) is 0 Å². The van der Waals surface area contributed by atoms with Crippen LogP contribution in [0.4, 0.5) is 0 Å². The standard InChI is InChI=1S/C13H22O/c1-11-8-9-12(13(11,2)3)7-5-4-6-10-14/h8,10,12H,4-7,9H2,1-3H3. The largest absolute Gasteiger partial charge is 0.303 e. The fraction of sp³-hybridized carbons (Fsp3) is 0.769. The molecular weight excluding hydrogens is 172 g/mol. The molecule has 0 spiro atoms. The quantitative estimate of drug-likeness (QED) is 0.370. The van der Waals surface area contributed by atoms with E-state index in [1.54, 1.807) is 0 Å². The van der Waals surface area contributed by atoms with Crippen LogP contribution in [-0.4, -0.2) is 6.29 Å². The van der Waals surface area contributed by atoms with Gasteiger partial charge in [0.2, 0.25) is 0 Å². The van der Waals surface area contributed by atoms with Gasteiger partial charge in [-0.3, -0.25) is 0 Å². The van der Waals surface area contributed by atoms with Crippen LogP contribution in [0, 0.1) is 11.3 Å². The molecule has 1 aliphatic carbocycles. The van der Waals surface area contributed by atoms with Gasteiger partial charge >= 0.3 is 0 Å². The summed E-state index contributed by atoms with van der Waals surface area (Å²) in [5, 5.41) is 0. The first-order chi connectivity index (χ1) is 6.59. The van der Waals surface area contributed by atoms with E-state index in [-0.39, 0.29) is 0 Å². The molecule has 0 heterocycles. The van der Waals surface area contributed by atoms with Crippen LogP contribution in [0.3, 0.4) is 0 Å². The van der Waals surface area contributed by atoms with E-state index >= 15 is 0 Å². The zero-order valence-corrected chi connectivity index (χ0v) is 9.68. The van der Waals surface area contributed by atoms with Gasteiger partial charge in [-0.15, -0.1) is 0 Å². The Bertz CT molecular complexity index is 225. The van der Waals surface area contributed by atoms with Gasteiger partial charge in [0.15, 0.2) is 0 Å². The average Bonchev–Trinajstić information content (AvgIpc) is 2.38. The van der Waals surface area contributed by atoms with Gasteiger partial charge in [-0.25, -0.2) is 0 Å². The molecule has 80 valence electrons. The van der Waals surface area contributed by atoms with Crippen LogP contribution in [0.25, 0.3) is 0 Å². The Balaban J connectivity index is 2.30. The number of hydrogen-bond acceptors (Lipinski definition) is 1. The Kier molecular flexibility index (Phi) is 3.91. The number of carbonyl (C=O) groups excluding carboxylic acids is 1. The number of aldehydes is 1. The summed E-state index contributed by atoms with van der Waals surface area (Å²) < 4.78 is 0. The summed E-state index contributed by atoms with van der Waals surface area (Å²) in [5.74, 6) is 0.800. The Hall–Kier alpha value is -0.590. The van der Waals surface area contributed by atoms with Crippen LogP contribution in [0.1, 0.15) is 52.9 Å². The second-order valence-corrected chi connectivity index (χ2v) is 4.99. The minimum absolute atomic E-state index is 0.390. The summed E-state index contributed by atoms with van der Waals surface area (Å²) >= 11 is 0. The molecule has 1 unspecified atom stereocenters.